The first-order chi connectivity index (χ1) is 15.1. The van der Waals surface area contributed by atoms with Gasteiger partial charge in [0.2, 0.25) is 11.9 Å². The number of nitrogens with two attached hydrogens (primary N) is 1. The fourth-order valence-corrected chi connectivity index (χ4v) is 4.82. The zero-order valence-electron chi connectivity index (χ0n) is 17.8. The number of anilines is 4. The largest absolute Gasteiger partial charge is 0.382 e. The Morgan fingerprint density at radius 2 is 2.16 bits per heavy atom. The fourth-order valence-electron chi connectivity index (χ4n) is 4.82. The van der Waals surface area contributed by atoms with Crippen LogP contribution < -0.4 is 21.3 Å². The number of nitrogens with one attached hydrogen (secondary N) is 2. The second-order valence-corrected chi connectivity index (χ2v) is 8.89. The van der Waals surface area contributed by atoms with Crippen LogP contribution in [0.4, 0.5) is 23.3 Å². The average molecular weight is 426 g/mol. The number of likely N-dealkylation sites (tertiary alicyclic amines) is 1. The molecular weight excluding hydrogens is 394 g/mol. The molecule has 31 heavy (non-hydrogen) atoms. The van der Waals surface area contributed by atoms with E-state index in [1.165, 1.54) is 31.5 Å². The third kappa shape index (κ3) is 4.67. The van der Waals surface area contributed by atoms with Gasteiger partial charge >= 0.3 is 0 Å². The SMILES string of the molecule is Nc1nc(NC2CCOC2)nc2c1NC(=O)CN2CC1C=C(CN2CCCC2)C=CC1. The van der Waals surface area contributed by atoms with Crippen molar-refractivity contribution >= 4 is 29.2 Å². The van der Waals surface area contributed by atoms with E-state index in [0.717, 1.165) is 32.5 Å². The van der Waals surface area contributed by atoms with E-state index in [9.17, 15) is 4.79 Å². The molecule has 1 amide bonds. The van der Waals surface area contributed by atoms with E-state index in [1.807, 2.05) is 4.90 Å². The average Bonchev–Trinajstić information content (AvgIpc) is 3.44. The van der Waals surface area contributed by atoms with Gasteiger partial charge in [-0.1, -0.05) is 18.2 Å². The van der Waals surface area contributed by atoms with Crippen molar-refractivity contribution in [3.63, 3.8) is 0 Å². The Balaban J connectivity index is 1.33. The monoisotopic (exact) mass is 425 g/mol. The number of ether oxygens (including phenoxy) is 1. The van der Waals surface area contributed by atoms with Crippen molar-refractivity contribution in [2.45, 2.75) is 31.7 Å². The van der Waals surface area contributed by atoms with Crippen LogP contribution in [0.2, 0.25) is 0 Å². The molecule has 0 spiro atoms. The van der Waals surface area contributed by atoms with Crippen LogP contribution in [0.1, 0.15) is 25.7 Å². The first-order valence-electron chi connectivity index (χ1n) is 11.3. The summed E-state index contributed by atoms with van der Waals surface area (Å²) in [7, 11) is 0. The maximum absolute atomic E-state index is 12.4. The van der Waals surface area contributed by atoms with E-state index in [4.69, 9.17) is 15.5 Å². The van der Waals surface area contributed by atoms with Gasteiger partial charge in [-0.3, -0.25) is 9.69 Å². The Bertz CT molecular complexity index is 888. The molecule has 0 aromatic carbocycles. The highest BCUT2D eigenvalue weighted by Crippen LogP contribution is 2.34. The van der Waals surface area contributed by atoms with E-state index in [1.54, 1.807) is 0 Å². The predicted molar refractivity (Wildman–Crippen MR) is 121 cm³/mol. The molecule has 0 bridgehead atoms. The maximum Gasteiger partial charge on any atom is 0.244 e. The summed E-state index contributed by atoms with van der Waals surface area (Å²) < 4.78 is 5.43. The van der Waals surface area contributed by atoms with Crippen LogP contribution in [-0.4, -0.2) is 72.8 Å². The summed E-state index contributed by atoms with van der Waals surface area (Å²) in [4.78, 5) is 26.0. The zero-order valence-corrected chi connectivity index (χ0v) is 17.8. The van der Waals surface area contributed by atoms with Gasteiger partial charge in [0, 0.05) is 19.7 Å². The van der Waals surface area contributed by atoms with Crippen LogP contribution in [-0.2, 0) is 9.53 Å². The summed E-state index contributed by atoms with van der Waals surface area (Å²) in [5, 5.41) is 6.17. The lowest BCUT2D eigenvalue weighted by Crippen LogP contribution is -2.42. The standard InChI is InChI=1S/C22H31N7O2/c23-20-19-21(27-22(26-20)24-17-6-9-31-14-17)29(13-18(30)25-19)12-16-5-3-4-15(10-16)11-28-7-1-2-8-28/h3-4,10,16-17H,1-2,5-9,11-14H2,(H,25,30)(H3,23,24,26,27). The molecule has 9 heteroatoms. The highest BCUT2D eigenvalue weighted by molar-refractivity contribution is 6.03. The number of fused-ring (bicyclic) bond motifs is 1. The smallest absolute Gasteiger partial charge is 0.244 e. The van der Waals surface area contributed by atoms with Crippen LogP contribution in [0.25, 0.3) is 0 Å². The second-order valence-electron chi connectivity index (χ2n) is 8.89. The van der Waals surface area contributed by atoms with Gasteiger partial charge in [0.25, 0.3) is 0 Å². The van der Waals surface area contributed by atoms with Crippen molar-refractivity contribution in [3.8, 4) is 0 Å². The minimum atomic E-state index is -0.0830. The van der Waals surface area contributed by atoms with Gasteiger partial charge in [0.05, 0.1) is 19.2 Å². The minimum absolute atomic E-state index is 0.0830. The number of allylic oxidation sites excluding steroid dienone is 1. The van der Waals surface area contributed by atoms with Gasteiger partial charge in [-0.25, -0.2) is 0 Å². The number of aromatic nitrogens is 2. The Morgan fingerprint density at radius 3 is 2.97 bits per heavy atom. The van der Waals surface area contributed by atoms with Gasteiger partial charge in [-0.15, -0.1) is 0 Å². The molecule has 3 aliphatic heterocycles. The molecular formula is C22H31N7O2. The van der Waals surface area contributed by atoms with Gasteiger partial charge in [-0.05, 0) is 50.3 Å². The quantitative estimate of drug-likeness (QED) is 0.631. The molecule has 0 radical (unpaired) electrons. The zero-order chi connectivity index (χ0) is 21.2. The minimum Gasteiger partial charge on any atom is -0.382 e. The summed E-state index contributed by atoms with van der Waals surface area (Å²) in [5.74, 6) is 1.72. The summed E-state index contributed by atoms with van der Waals surface area (Å²) in [6.07, 6.45) is 11.3. The third-order valence-corrected chi connectivity index (χ3v) is 6.36. The molecule has 0 saturated carbocycles. The van der Waals surface area contributed by atoms with E-state index < -0.39 is 0 Å². The topological polar surface area (TPSA) is 109 Å². The predicted octanol–water partition coefficient (Wildman–Crippen LogP) is 1.62. The molecule has 1 aliphatic carbocycles. The lowest BCUT2D eigenvalue weighted by atomic mass is 9.95. The van der Waals surface area contributed by atoms with Crippen molar-refractivity contribution < 1.29 is 9.53 Å². The molecule has 2 unspecified atom stereocenters. The summed E-state index contributed by atoms with van der Waals surface area (Å²) >= 11 is 0. The molecule has 166 valence electrons. The third-order valence-electron chi connectivity index (χ3n) is 6.36. The molecule has 2 atom stereocenters. The van der Waals surface area contributed by atoms with Crippen molar-refractivity contribution in [2.24, 2.45) is 5.92 Å². The Labute approximate surface area is 182 Å². The molecule has 2 fully saturated rings. The number of amides is 1. The highest BCUT2D eigenvalue weighted by Gasteiger charge is 2.29. The number of hydrogen-bond donors (Lipinski definition) is 3. The molecule has 9 nitrogen and oxygen atoms in total. The van der Waals surface area contributed by atoms with E-state index in [2.05, 4.69) is 38.7 Å². The van der Waals surface area contributed by atoms with Crippen LogP contribution in [0.15, 0.2) is 23.8 Å². The first kappa shape index (κ1) is 20.3. The molecule has 2 saturated heterocycles. The number of rotatable bonds is 6. The number of carbonyl (C=O) groups is 1. The molecule has 4 heterocycles. The molecule has 1 aromatic rings. The van der Waals surface area contributed by atoms with Crippen LogP contribution in [0, 0.1) is 5.92 Å². The Morgan fingerprint density at radius 1 is 1.29 bits per heavy atom. The van der Waals surface area contributed by atoms with Crippen LogP contribution in [0.5, 0.6) is 0 Å². The van der Waals surface area contributed by atoms with Crippen LogP contribution in [0.3, 0.4) is 0 Å². The van der Waals surface area contributed by atoms with E-state index in [0.29, 0.717) is 35.8 Å². The lowest BCUT2D eigenvalue weighted by molar-refractivity contribution is -0.115. The summed E-state index contributed by atoms with van der Waals surface area (Å²) in [6.45, 7) is 5.75. The first-order valence-corrected chi connectivity index (χ1v) is 11.3. The lowest BCUT2D eigenvalue weighted by Gasteiger charge is -2.33. The van der Waals surface area contributed by atoms with Crippen molar-refractivity contribution in [2.75, 3.05) is 67.2 Å². The second kappa shape index (κ2) is 8.84. The normalized spacial score (nSPS) is 26.0. The number of carbonyl (C=O) groups excluding carboxylic acids is 1. The molecule has 5 rings (SSSR count). The molecule has 1 aromatic heterocycles. The highest BCUT2D eigenvalue weighted by atomic mass is 16.5. The van der Waals surface area contributed by atoms with Gasteiger partial charge in [-0.2, -0.15) is 9.97 Å². The van der Waals surface area contributed by atoms with E-state index in [-0.39, 0.29) is 18.5 Å². The van der Waals surface area contributed by atoms with Crippen molar-refractivity contribution in [1.29, 1.82) is 0 Å². The number of nitrogen functional groups attached to an aromatic ring is 1. The van der Waals surface area contributed by atoms with E-state index >= 15 is 0 Å². The fraction of sp³-hybridized carbons (Fsp3) is 0.591. The van der Waals surface area contributed by atoms with Crippen LogP contribution >= 0.6 is 0 Å². The Kier molecular flexibility index (Phi) is 5.78. The van der Waals surface area contributed by atoms with Gasteiger partial charge < -0.3 is 26.0 Å². The van der Waals surface area contributed by atoms with Gasteiger partial charge in [0.15, 0.2) is 11.6 Å². The number of nitrogens with zero attached hydrogens (tertiary/aromatic N) is 4. The molecule has 4 aliphatic rings. The van der Waals surface area contributed by atoms with Crippen molar-refractivity contribution in [1.82, 2.24) is 14.9 Å². The summed E-state index contributed by atoms with van der Waals surface area (Å²) in [6, 6.07) is 0.184. The molecule has 4 N–H and O–H groups in total. The van der Waals surface area contributed by atoms with Gasteiger partial charge in [0.1, 0.15) is 5.69 Å². The Hall–Kier alpha value is -2.65. The summed E-state index contributed by atoms with van der Waals surface area (Å²) in [5.41, 5.74) is 8.07. The number of hydrogen-bond acceptors (Lipinski definition) is 8. The van der Waals surface area contributed by atoms with Crippen molar-refractivity contribution in [3.05, 3.63) is 23.8 Å². The maximum atomic E-state index is 12.4.